The van der Waals surface area contributed by atoms with Gasteiger partial charge in [0.25, 0.3) is 0 Å². The molecular formula is C11H22N2O2S. The average Bonchev–Trinajstić information content (AvgIpc) is 2.79. The molecule has 4 nitrogen and oxygen atoms in total. The van der Waals surface area contributed by atoms with Gasteiger partial charge in [-0.05, 0) is 18.8 Å². The monoisotopic (exact) mass is 246 g/mol. The molecule has 0 saturated carbocycles. The van der Waals surface area contributed by atoms with Crippen LogP contribution in [-0.4, -0.2) is 41.8 Å². The molecule has 94 valence electrons. The SMILES string of the molecule is CCCC(CCO)CNC(=O)C1CSCN1. The first kappa shape index (κ1) is 13.8. The van der Waals surface area contributed by atoms with E-state index in [2.05, 4.69) is 17.6 Å². The third-order valence-electron chi connectivity index (χ3n) is 2.83. The van der Waals surface area contributed by atoms with Crippen LogP contribution in [0, 0.1) is 5.92 Å². The van der Waals surface area contributed by atoms with Gasteiger partial charge in [0.1, 0.15) is 0 Å². The molecule has 0 bridgehead atoms. The maximum Gasteiger partial charge on any atom is 0.238 e. The van der Waals surface area contributed by atoms with Crippen molar-refractivity contribution in [3.63, 3.8) is 0 Å². The second-order valence-corrected chi connectivity index (χ2v) is 5.21. The van der Waals surface area contributed by atoms with Crippen molar-refractivity contribution in [2.75, 3.05) is 24.8 Å². The van der Waals surface area contributed by atoms with Crippen molar-refractivity contribution in [2.24, 2.45) is 5.92 Å². The highest BCUT2D eigenvalue weighted by Gasteiger charge is 2.22. The lowest BCUT2D eigenvalue weighted by atomic mass is 10.0. The van der Waals surface area contributed by atoms with Crippen LogP contribution in [0.5, 0.6) is 0 Å². The van der Waals surface area contributed by atoms with Crippen LogP contribution in [0.25, 0.3) is 0 Å². The Morgan fingerprint density at radius 2 is 2.44 bits per heavy atom. The second kappa shape index (κ2) is 7.92. The van der Waals surface area contributed by atoms with Gasteiger partial charge < -0.3 is 10.4 Å². The van der Waals surface area contributed by atoms with Crippen molar-refractivity contribution in [1.29, 1.82) is 0 Å². The molecule has 1 aliphatic rings. The summed E-state index contributed by atoms with van der Waals surface area (Å²) in [6.07, 6.45) is 2.94. The van der Waals surface area contributed by atoms with Crippen LogP contribution in [0.4, 0.5) is 0 Å². The molecule has 3 N–H and O–H groups in total. The molecule has 2 unspecified atom stereocenters. The normalized spacial score (nSPS) is 22.0. The van der Waals surface area contributed by atoms with Crippen LogP contribution >= 0.6 is 11.8 Å². The van der Waals surface area contributed by atoms with E-state index in [0.717, 1.165) is 30.9 Å². The summed E-state index contributed by atoms with van der Waals surface area (Å²) in [4.78, 5) is 11.7. The Labute approximate surface area is 102 Å². The van der Waals surface area contributed by atoms with E-state index in [1.807, 2.05) is 0 Å². The molecule has 0 aromatic heterocycles. The predicted octanol–water partition coefficient (Wildman–Crippen LogP) is 0.564. The first-order valence-electron chi connectivity index (χ1n) is 5.97. The van der Waals surface area contributed by atoms with Gasteiger partial charge in [0.05, 0.1) is 6.04 Å². The number of rotatable bonds is 7. The van der Waals surface area contributed by atoms with Crippen molar-refractivity contribution in [3.8, 4) is 0 Å². The first-order chi connectivity index (χ1) is 7.77. The van der Waals surface area contributed by atoms with Gasteiger partial charge in [0.15, 0.2) is 0 Å². The molecule has 0 aromatic rings. The van der Waals surface area contributed by atoms with Crippen LogP contribution in [0.15, 0.2) is 0 Å². The van der Waals surface area contributed by atoms with Gasteiger partial charge in [-0.15, -0.1) is 11.8 Å². The summed E-state index contributed by atoms with van der Waals surface area (Å²) in [7, 11) is 0. The van der Waals surface area contributed by atoms with Crippen molar-refractivity contribution in [3.05, 3.63) is 0 Å². The highest BCUT2D eigenvalue weighted by molar-refractivity contribution is 7.99. The van der Waals surface area contributed by atoms with Crippen LogP contribution < -0.4 is 10.6 Å². The quantitative estimate of drug-likeness (QED) is 0.614. The molecule has 0 aromatic carbocycles. The molecule has 1 saturated heterocycles. The summed E-state index contributed by atoms with van der Waals surface area (Å²) in [5.74, 6) is 2.24. The van der Waals surface area contributed by atoms with Crippen molar-refractivity contribution >= 4 is 17.7 Å². The Morgan fingerprint density at radius 1 is 1.62 bits per heavy atom. The van der Waals surface area contributed by atoms with E-state index < -0.39 is 0 Å². The standard InChI is InChI=1S/C11H22N2O2S/c1-2-3-9(4-5-14)6-12-11(15)10-7-16-8-13-10/h9-10,13-14H,2-8H2,1H3,(H,12,15). The summed E-state index contributed by atoms with van der Waals surface area (Å²) < 4.78 is 0. The summed E-state index contributed by atoms with van der Waals surface area (Å²) >= 11 is 1.75. The van der Waals surface area contributed by atoms with Crippen LogP contribution in [-0.2, 0) is 4.79 Å². The zero-order valence-electron chi connectivity index (χ0n) is 9.87. The molecule has 0 radical (unpaired) electrons. The Balaban J connectivity index is 2.21. The van der Waals surface area contributed by atoms with Crippen LogP contribution in [0.3, 0.4) is 0 Å². The maximum absolute atomic E-state index is 11.7. The second-order valence-electron chi connectivity index (χ2n) is 4.18. The molecule has 16 heavy (non-hydrogen) atoms. The maximum atomic E-state index is 11.7. The van der Waals surface area contributed by atoms with E-state index in [1.165, 1.54) is 0 Å². The minimum atomic E-state index is -0.0265. The Kier molecular flexibility index (Phi) is 6.84. The molecule has 0 aliphatic carbocycles. The Hall–Kier alpha value is -0.260. The molecule has 1 rings (SSSR count). The van der Waals surface area contributed by atoms with Gasteiger partial charge in [-0.1, -0.05) is 13.3 Å². The zero-order chi connectivity index (χ0) is 11.8. The minimum absolute atomic E-state index is 0.0265. The predicted molar refractivity (Wildman–Crippen MR) is 67.4 cm³/mol. The van der Waals surface area contributed by atoms with Gasteiger partial charge in [0.2, 0.25) is 5.91 Å². The molecule has 0 spiro atoms. The molecule has 1 fully saturated rings. The van der Waals surface area contributed by atoms with E-state index >= 15 is 0 Å². The molecular weight excluding hydrogens is 224 g/mol. The van der Waals surface area contributed by atoms with E-state index in [1.54, 1.807) is 11.8 Å². The Morgan fingerprint density at radius 3 is 3.00 bits per heavy atom. The third kappa shape index (κ3) is 4.72. The van der Waals surface area contributed by atoms with E-state index in [0.29, 0.717) is 12.5 Å². The lowest BCUT2D eigenvalue weighted by Crippen LogP contribution is -2.43. The fraction of sp³-hybridized carbons (Fsp3) is 0.909. The highest BCUT2D eigenvalue weighted by Crippen LogP contribution is 2.11. The van der Waals surface area contributed by atoms with Gasteiger partial charge in [0, 0.05) is 24.8 Å². The minimum Gasteiger partial charge on any atom is -0.396 e. The average molecular weight is 246 g/mol. The molecule has 2 atom stereocenters. The summed E-state index contributed by atoms with van der Waals surface area (Å²) in [6.45, 7) is 3.02. The van der Waals surface area contributed by atoms with Crippen LogP contribution in [0.2, 0.25) is 0 Å². The lowest BCUT2D eigenvalue weighted by molar-refractivity contribution is -0.122. The fourth-order valence-corrected chi connectivity index (χ4v) is 2.81. The third-order valence-corrected chi connectivity index (χ3v) is 3.77. The number of carbonyl (C=O) groups excluding carboxylic acids is 1. The summed E-state index contributed by atoms with van der Waals surface area (Å²) in [5, 5.41) is 15.0. The van der Waals surface area contributed by atoms with Crippen LogP contribution in [0.1, 0.15) is 26.2 Å². The zero-order valence-corrected chi connectivity index (χ0v) is 10.7. The fourth-order valence-electron chi connectivity index (χ4n) is 1.87. The van der Waals surface area contributed by atoms with Gasteiger partial charge in [-0.25, -0.2) is 0 Å². The number of thioether (sulfide) groups is 1. The summed E-state index contributed by atoms with van der Waals surface area (Å²) in [6, 6.07) is -0.0265. The van der Waals surface area contributed by atoms with Gasteiger partial charge in [-0.3, -0.25) is 10.1 Å². The molecule has 1 aliphatic heterocycles. The number of nitrogens with one attached hydrogen (secondary N) is 2. The van der Waals surface area contributed by atoms with Gasteiger partial charge in [-0.2, -0.15) is 0 Å². The van der Waals surface area contributed by atoms with Gasteiger partial charge >= 0.3 is 0 Å². The Bertz CT molecular complexity index is 202. The number of aliphatic hydroxyl groups is 1. The molecule has 1 heterocycles. The first-order valence-corrected chi connectivity index (χ1v) is 7.13. The van der Waals surface area contributed by atoms with Crippen molar-refractivity contribution in [2.45, 2.75) is 32.2 Å². The topological polar surface area (TPSA) is 61.4 Å². The van der Waals surface area contributed by atoms with E-state index in [9.17, 15) is 4.79 Å². The van der Waals surface area contributed by atoms with E-state index in [-0.39, 0.29) is 18.6 Å². The summed E-state index contributed by atoms with van der Waals surface area (Å²) in [5.41, 5.74) is 0. The molecule has 5 heteroatoms. The molecule has 1 amide bonds. The largest absolute Gasteiger partial charge is 0.396 e. The van der Waals surface area contributed by atoms with Crippen molar-refractivity contribution in [1.82, 2.24) is 10.6 Å². The van der Waals surface area contributed by atoms with Crippen molar-refractivity contribution < 1.29 is 9.90 Å². The highest BCUT2D eigenvalue weighted by atomic mass is 32.2. The lowest BCUT2D eigenvalue weighted by Gasteiger charge is -2.17. The number of hydrogen-bond donors (Lipinski definition) is 3. The number of carbonyl (C=O) groups is 1. The number of amides is 1. The smallest absolute Gasteiger partial charge is 0.238 e. The number of hydrogen-bond acceptors (Lipinski definition) is 4. The van der Waals surface area contributed by atoms with E-state index in [4.69, 9.17) is 5.11 Å². The number of aliphatic hydroxyl groups excluding tert-OH is 1.